The highest BCUT2D eigenvalue weighted by atomic mass is 35.5. The Morgan fingerprint density at radius 1 is 0.967 bits per heavy atom. The van der Waals surface area contributed by atoms with E-state index in [0.717, 1.165) is 5.56 Å². The molecule has 3 aromatic carbocycles. The van der Waals surface area contributed by atoms with Gasteiger partial charge in [0.1, 0.15) is 5.75 Å². The zero-order valence-electron chi connectivity index (χ0n) is 16.1. The second-order valence-electron chi connectivity index (χ2n) is 6.41. The molecule has 0 aliphatic carbocycles. The van der Waals surface area contributed by atoms with Gasteiger partial charge in [0.2, 0.25) is 0 Å². The average Bonchev–Trinajstić information content (AvgIpc) is 2.69. The van der Waals surface area contributed by atoms with Gasteiger partial charge in [0.05, 0.1) is 28.3 Å². The second-order valence-corrected chi connectivity index (χ2v) is 8.94. The van der Waals surface area contributed by atoms with Crippen LogP contribution in [0, 0.1) is 6.92 Å². The Kier molecular flexibility index (Phi) is 6.55. The van der Waals surface area contributed by atoms with Gasteiger partial charge in [-0.05, 0) is 55.5 Å². The Hall–Kier alpha value is -2.74. The molecule has 1 amide bonds. The van der Waals surface area contributed by atoms with Crippen LogP contribution in [0.5, 0.6) is 5.75 Å². The summed E-state index contributed by atoms with van der Waals surface area (Å²) in [5, 5.41) is 3.25. The molecule has 3 rings (SSSR count). The molecule has 0 saturated carbocycles. The monoisotopic (exact) mass is 464 g/mol. The summed E-state index contributed by atoms with van der Waals surface area (Å²) in [6.45, 7) is 1.86. The number of amides is 1. The normalized spacial score (nSPS) is 11.1. The lowest BCUT2D eigenvalue weighted by molar-refractivity contribution is 0.102. The van der Waals surface area contributed by atoms with Crippen LogP contribution < -0.4 is 14.8 Å². The van der Waals surface area contributed by atoms with E-state index in [1.165, 1.54) is 43.5 Å². The van der Waals surface area contributed by atoms with Crippen LogP contribution >= 0.6 is 23.2 Å². The molecule has 0 spiro atoms. The zero-order chi connectivity index (χ0) is 21.9. The highest BCUT2D eigenvalue weighted by Gasteiger charge is 2.18. The molecule has 156 valence electrons. The van der Waals surface area contributed by atoms with Crippen molar-refractivity contribution >= 4 is 50.5 Å². The zero-order valence-corrected chi connectivity index (χ0v) is 18.4. The fraction of sp³-hybridized carbons (Fsp3) is 0.0952. The first-order valence-electron chi connectivity index (χ1n) is 8.73. The van der Waals surface area contributed by atoms with Crippen LogP contribution in [-0.4, -0.2) is 21.4 Å². The third kappa shape index (κ3) is 5.05. The Balaban J connectivity index is 1.87. The van der Waals surface area contributed by atoms with E-state index in [4.69, 9.17) is 27.9 Å². The third-order valence-corrected chi connectivity index (χ3v) is 6.17. The van der Waals surface area contributed by atoms with Gasteiger partial charge < -0.3 is 10.1 Å². The number of methoxy groups -OCH3 is 1. The summed E-state index contributed by atoms with van der Waals surface area (Å²) in [7, 11) is -2.36. The molecular formula is C21H18Cl2N2O4S. The van der Waals surface area contributed by atoms with Gasteiger partial charge in [-0.1, -0.05) is 40.9 Å². The summed E-state index contributed by atoms with van der Waals surface area (Å²) < 4.78 is 32.9. The predicted octanol–water partition coefficient (Wildman–Crippen LogP) is 5.36. The van der Waals surface area contributed by atoms with E-state index < -0.39 is 15.9 Å². The molecule has 0 saturated heterocycles. The Morgan fingerprint density at radius 3 is 2.33 bits per heavy atom. The fourth-order valence-corrected chi connectivity index (χ4v) is 4.09. The van der Waals surface area contributed by atoms with E-state index in [1.54, 1.807) is 24.3 Å². The van der Waals surface area contributed by atoms with Crippen molar-refractivity contribution in [2.45, 2.75) is 11.8 Å². The molecule has 0 radical (unpaired) electrons. The molecule has 2 N–H and O–H groups in total. The number of aryl methyl sites for hydroxylation is 1. The summed E-state index contributed by atoms with van der Waals surface area (Å²) in [5.41, 5.74) is 1.58. The molecule has 0 aliphatic heterocycles. The molecule has 0 heterocycles. The SMILES string of the molecule is COc1ccc(Cl)cc1NC(=O)c1cc(NS(=O)(=O)c2ccc(C)cc2)ccc1Cl. The topological polar surface area (TPSA) is 84.5 Å². The molecule has 0 fully saturated rings. The lowest BCUT2D eigenvalue weighted by Crippen LogP contribution is -2.16. The van der Waals surface area contributed by atoms with Crippen LogP contribution in [0.1, 0.15) is 15.9 Å². The molecule has 0 bridgehead atoms. The molecule has 6 nitrogen and oxygen atoms in total. The molecule has 9 heteroatoms. The third-order valence-electron chi connectivity index (χ3n) is 4.20. The summed E-state index contributed by atoms with van der Waals surface area (Å²) in [5.74, 6) is -0.128. The van der Waals surface area contributed by atoms with Crippen LogP contribution in [0.3, 0.4) is 0 Å². The average molecular weight is 465 g/mol. The van der Waals surface area contributed by atoms with Crippen molar-refractivity contribution in [2.75, 3.05) is 17.1 Å². The standard InChI is InChI=1S/C21H18Cl2N2O4S/c1-13-3-7-16(8-4-13)30(27,28)25-15-6-9-18(23)17(12-15)21(26)24-19-11-14(22)5-10-20(19)29-2/h3-12,25H,1-2H3,(H,24,26). The first-order valence-corrected chi connectivity index (χ1v) is 11.0. The van der Waals surface area contributed by atoms with E-state index in [0.29, 0.717) is 16.5 Å². The minimum absolute atomic E-state index is 0.0859. The van der Waals surface area contributed by atoms with Gasteiger partial charge in [-0.3, -0.25) is 9.52 Å². The summed E-state index contributed by atoms with van der Waals surface area (Å²) in [6, 6.07) is 15.5. The van der Waals surface area contributed by atoms with Crippen LogP contribution in [0.2, 0.25) is 10.0 Å². The molecule has 0 atom stereocenters. The molecule has 3 aromatic rings. The van der Waals surface area contributed by atoms with E-state index in [-0.39, 0.29) is 21.2 Å². The number of sulfonamides is 1. The summed E-state index contributed by atoms with van der Waals surface area (Å²) in [4.78, 5) is 12.9. The van der Waals surface area contributed by atoms with Gasteiger partial charge in [-0.2, -0.15) is 0 Å². The molecule has 0 aliphatic rings. The minimum Gasteiger partial charge on any atom is -0.495 e. The number of rotatable bonds is 6. The van der Waals surface area contributed by atoms with Crippen LogP contribution in [0.15, 0.2) is 65.6 Å². The van der Waals surface area contributed by atoms with E-state index in [2.05, 4.69) is 10.0 Å². The van der Waals surface area contributed by atoms with Crippen LogP contribution in [0.4, 0.5) is 11.4 Å². The van der Waals surface area contributed by atoms with E-state index in [1.807, 2.05) is 6.92 Å². The van der Waals surface area contributed by atoms with Crippen LogP contribution in [-0.2, 0) is 10.0 Å². The van der Waals surface area contributed by atoms with Crippen molar-refractivity contribution in [3.8, 4) is 5.75 Å². The maximum Gasteiger partial charge on any atom is 0.261 e. The maximum absolute atomic E-state index is 12.8. The van der Waals surface area contributed by atoms with Crippen molar-refractivity contribution in [1.29, 1.82) is 0 Å². The van der Waals surface area contributed by atoms with Gasteiger partial charge in [0.25, 0.3) is 15.9 Å². The smallest absolute Gasteiger partial charge is 0.261 e. The Morgan fingerprint density at radius 2 is 1.67 bits per heavy atom. The van der Waals surface area contributed by atoms with Crippen molar-refractivity contribution in [3.05, 3.63) is 81.8 Å². The number of carbonyl (C=O) groups excluding carboxylic acids is 1. The fourth-order valence-electron chi connectivity index (χ4n) is 2.66. The molecule has 30 heavy (non-hydrogen) atoms. The van der Waals surface area contributed by atoms with Gasteiger partial charge >= 0.3 is 0 Å². The lowest BCUT2D eigenvalue weighted by Gasteiger charge is -2.13. The largest absolute Gasteiger partial charge is 0.495 e. The number of benzene rings is 3. The minimum atomic E-state index is -3.82. The molecule has 0 aromatic heterocycles. The summed E-state index contributed by atoms with van der Waals surface area (Å²) in [6.07, 6.45) is 0. The predicted molar refractivity (Wildman–Crippen MR) is 119 cm³/mol. The number of hydrogen-bond donors (Lipinski definition) is 2. The number of anilines is 2. The van der Waals surface area contributed by atoms with E-state index >= 15 is 0 Å². The van der Waals surface area contributed by atoms with Crippen molar-refractivity contribution in [2.24, 2.45) is 0 Å². The number of hydrogen-bond acceptors (Lipinski definition) is 4. The Labute approximate surface area is 184 Å². The van der Waals surface area contributed by atoms with Crippen molar-refractivity contribution in [3.63, 3.8) is 0 Å². The summed E-state index contributed by atoms with van der Waals surface area (Å²) >= 11 is 12.2. The highest BCUT2D eigenvalue weighted by molar-refractivity contribution is 7.92. The first-order chi connectivity index (χ1) is 14.2. The first kappa shape index (κ1) is 22.0. The van der Waals surface area contributed by atoms with Crippen molar-refractivity contribution in [1.82, 2.24) is 0 Å². The quantitative estimate of drug-likeness (QED) is 0.513. The number of nitrogens with one attached hydrogen (secondary N) is 2. The number of ether oxygens (including phenoxy) is 1. The lowest BCUT2D eigenvalue weighted by atomic mass is 10.2. The highest BCUT2D eigenvalue weighted by Crippen LogP contribution is 2.30. The molecular weight excluding hydrogens is 447 g/mol. The van der Waals surface area contributed by atoms with Gasteiger partial charge in [-0.15, -0.1) is 0 Å². The van der Waals surface area contributed by atoms with Gasteiger partial charge in [0, 0.05) is 10.7 Å². The Bertz CT molecular complexity index is 1200. The number of halogens is 2. The molecule has 0 unspecified atom stereocenters. The van der Waals surface area contributed by atoms with Gasteiger partial charge in [0.15, 0.2) is 0 Å². The van der Waals surface area contributed by atoms with E-state index in [9.17, 15) is 13.2 Å². The maximum atomic E-state index is 12.8. The second kappa shape index (κ2) is 8.95. The number of carbonyl (C=O) groups is 1. The van der Waals surface area contributed by atoms with Crippen LogP contribution in [0.25, 0.3) is 0 Å². The van der Waals surface area contributed by atoms with Crippen molar-refractivity contribution < 1.29 is 17.9 Å². The van der Waals surface area contributed by atoms with Gasteiger partial charge in [-0.25, -0.2) is 8.42 Å².